The first kappa shape index (κ1) is 58.6. The van der Waals surface area contributed by atoms with Crippen molar-refractivity contribution in [1.29, 1.82) is 0 Å². The minimum atomic E-state index is -1.03. The van der Waals surface area contributed by atoms with Crippen LogP contribution < -0.4 is 10.6 Å². The number of carbonyl (C=O) groups is 5. The molecule has 0 spiro atoms. The van der Waals surface area contributed by atoms with Crippen molar-refractivity contribution in [2.75, 3.05) is 91.7 Å². The summed E-state index contributed by atoms with van der Waals surface area (Å²) in [4.78, 5) is 84.9. The van der Waals surface area contributed by atoms with Crippen LogP contribution in [0.2, 0.25) is 0 Å². The molecule has 418 valence electrons. The fourth-order valence-corrected chi connectivity index (χ4v) is 11.5. The molecule has 0 radical (unpaired) electrons. The van der Waals surface area contributed by atoms with Crippen molar-refractivity contribution >= 4 is 46.7 Å². The van der Waals surface area contributed by atoms with Gasteiger partial charge >= 0.3 is 17.9 Å². The highest BCUT2D eigenvalue weighted by molar-refractivity contribution is 6.21. The van der Waals surface area contributed by atoms with Crippen LogP contribution in [-0.2, 0) is 28.7 Å². The monoisotopic (exact) mass is 1060 g/mol. The second-order valence-corrected chi connectivity index (χ2v) is 21.4. The smallest absolute Gasteiger partial charge is 0.317 e. The molecule has 8 bridgehead atoms. The third-order valence-electron chi connectivity index (χ3n) is 15.9. The number of ketones is 1. The topological polar surface area (TPSA) is 250 Å². The van der Waals surface area contributed by atoms with Gasteiger partial charge in [0.15, 0.2) is 0 Å². The Morgan fingerprint density at radius 2 is 1.31 bits per heavy atom. The lowest BCUT2D eigenvalue weighted by atomic mass is 9.86. The maximum atomic E-state index is 13.7. The van der Waals surface area contributed by atoms with Gasteiger partial charge in [-0.25, -0.2) is 15.0 Å². The summed E-state index contributed by atoms with van der Waals surface area (Å²) < 4.78 is 6.51. The minimum Gasteiger partial charge on any atom is -0.511 e. The summed E-state index contributed by atoms with van der Waals surface area (Å²) in [6.45, 7) is 17.6. The number of amides is 1. The van der Waals surface area contributed by atoms with E-state index in [4.69, 9.17) is 19.7 Å². The maximum Gasteiger partial charge on any atom is 0.317 e. The van der Waals surface area contributed by atoms with Crippen LogP contribution in [0.15, 0.2) is 106 Å². The molecule has 6 aliphatic heterocycles. The number of carboxylic acids is 3. The lowest BCUT2D eigenvalue weighted by molar-refractivity contribution is -0.140. The van der Waals surface area contributed by atoms with Crippen LogP contribution in [-0.4, -0.2) is 185 Å². The molecule has 0 saturated carbocycles. The number of aliphatic imine (C=N–C) groups is 3. The minimum absolute atomic E-state index is 0.0517. The molecule has 0 aromatic rings. The van der Waals surface area contributed by atoms with E-state index in [2.05, 4.69) is 64.3 Å². The van der Waals surface area contributed by atoms with Gasteiger partial charge in [0.25, 0.3) is 0 Å². The summed E-state index contributed by atoms with van der Waals surface area (Å²) in [7, 11) is 0. The second-order valence-electron chi connectivity index (χ2n) is 21.4. The van der Waals surface area contributed by atoms with Crippen molar-refractivity contribution in [3.8, 4) is 0 Å². The number of Topliss-reactive ketones (excluding diaryl/α,β-unsaturated/α-hetero) is 1. The first-order chi connectivity index (χ1) is 36.8. The number of fused-ring (bicyclic) bond motifs is 5. The van der Waals surface area contributed by atoms with Gasteiger partial charge in [-0.3, -0.25) is 43.6 Å². The Morgan fingerprint density at radius 1 is 0.727 bits per heavy atom. The molecule has 6 heterocycles. The Hall–Kier alpha value is -6.12. The number of aliphatic carboxylic acids is 3. The van der Waals surface area contributed by atoms with Crippen LogP contribution >= 0.6 is 0 Å². The first-order valence-electron chi connectivity index (χ1n) is 27.8. The van der Waals surface area contributed by atoms with E-state index >= 15 is 0 Å². The van der Waals surface area contributed by atoms with Gasteiger partial charge in [-0.1, -0.05) is 40.0 Å². The van der Waals surface area contributed by atoms with Gasteiger partial charge in [-0.2, -0.15) is 0 Å². The molecule has 1 amide bonds. The van der Waals surface area contributed by atoms with E-state index < -0.39 is 17.9 Å². The zero-order chi connectivity index (χ0) is 55.5. The average Bonchev–Trinajstić information content (AvgIpc) is 4.14. The largest absolute Gasteiger partial charge is 0.511 e. The Labute approximate surface area is 453 Å². The predicted octanol–water partition coefficient (Wildman–Crippen LogP) is 6.36. The third-order valence-corrected chi connectivity index (χ3v) is 15.9. The summed E-state index contributed by atoms with van der Waals surface area (Å²) in [6, 6.07) is 0. The van der Waals surface area contributed by atoms with E-state index in [1.54, 1.807) is 14.7 Å². The van der Waals surface area contributed by atoms with Crippen LogP contribution in [0.25, 0.3) is 0 Å². The highest BCUT2D eigenvalue weighted by Crippen LogP contribution is 2.46. The number of aliphatic hydroxyl groups excluding tert-OH is 1. The van der Waals surface area contributed by atoms with Crippen LogP contribution in [0.5, 0.6) is 0 Å². The number of hydrogen-bond acceptors (Lipinski definition) is 15. The number of unbranched alkanes of at least 4 members (excludes halogenated alkanes) is 3. The molecule has 77 heavy (non-hydrogen) atoms. The van der Waals surface area contributed by atoms with Gasteiger partial charge in [-0.15, -0.1) is 0 Å². The molecule has 0 aromatic heterocycles. The molecular formula is C58H81N9O10. The highest BCUT2D eigenvalue weighted by atomic mass is 16.5. The summed E-state index contributed by atoms with van der Waals surface area (Å²) in [5.41, 5.74) is 13.6. The Morgan fingerprint density at radius 3 is 1.90 bits per heavy atom. The fraction of sp³-hybridized carbons (Fsp3) is 0.586. The quantitative estimate of drug-likeness (QED) is 0.0609. The molecule has 1 aliphatic carbocycles. The maximum absolute atomic E-state index is 13.7. The van der Waals surface area contributed by atoms with E-state index in [1.165, 1.54) is 6.42 Å². The van der Waals surface area contributed by atoms with Crippen molar-refractivity contribution in [1.82, 2.24) is 30.2 Å². The van der Waals surface area contributed by atoms with E-state index in [-0.39, 0.29) is 101 Å². The second kappa shape index (κ2) is 27.0. The summed E-state index contributed by atoms with van der Waals surface area (Å²) in [5, 5.41) is 47.1. The third kappa shape index (κ3) is 14.9. The SMILES string of the molecule is CCCCCCOC(C)C1=C(C)C2=NC1=CC1=NC(=CC3=C(C)C4=C(O)CC(=C5NC(=C2)C(C)[C@@H]5CCC(=O)NCCCC(=O)CN2CCN(CC(=O)O)CCN(CC(=O)O)CCN(CC(=O)O)CC2)C4=N3)C(CC)=C1C. The van der Waals surface area contributed by atoms with Gasteiger partial charge in [-0.05, 0) is 93.9 Å². The van der Waals surface area contributed by atoms with Gasteiger partial charge in [0.1, 0.15) is 11.5 Å². The molecular weight excluding hydrogens is 983 g/mol. The lowest BCUT2D eigenvalue weighted by Gasteiger charge is -2.32. The molecule has 2 fully saturated rings. The molecule has 7 rings (SSSR count). The van der Waals surface area contributed by atoms with Gasteiger partial charge in [0, 0.05) is 125 Å². The van der Waals surface area contributed by atoms with Gasteiger partial charge in [0.05, 0.1) is 66.5 Å². The number of carbonyl (C=O) groups excluding carboxylic acids is 2. The van der Waals surface area contributed by atoms with Crippen molar-refractivity contribution in [3.63, 3.8) is 0 Å². The molecule has 0 aromatic carbocycles. The summed E-state index contributed by atoms with van der Waals surface area (Å²) in [5.74, 6) is -3.17. The zero-order valence-electron chi connectivity index (χ0n) is 46.3. The van der Waals surface area contributed by atoms with E-state index in [9.17, 15) is 44.4 Å². The molecule has 6 N–H and O–H groups in total. The number of ether oxygens (including phenoxy) is 1. The number of nitrogens with one attached hydrogen (secondary N) is 2. The van der Waals surface area contributed by atoms with Crippen LogP contribution in [0.1, 0.15) is 113 Å². The van der Waals surface area contributed by atoms with Gasteiger partial charge in [0.2, 0.25) is 5.91 Å². The van der Waals surface area contributed by atoms with Crippen LogP contribution in [0.3, 0.4) is 0 Å². The Bertz CT molecular complexity index is 2670. The first-order valence-corrected chi connectivity index (χ1v) is 27.8. The van der Waals surface area contributed by atoms with Gasteiger partial charge < -0.3 is 35.8 Å². The predicted molar refractivity (Wildman–Crippen MR) is 297 cm³/mol. The standard InChI is InChI=1S/C58H81N9O10/c1-8-10-11-12-26-77-39(7)55-37(5)46-28-45-36(4)42(57(62-45)43-27-50(69)56-38(6)47(63-58(43)56)29-48-41(9-2)35(3)44(60-48)30-49(55)61-46)15-16-51(70)59-17-13-14-40(68)31-64-18-20-65(32-52(71)72)22-24-67(34-54(75)76)25-23-66(21-19-64)33-53(73)74/h28-30,36,39,42,62,69H,8-27,31-34H2,1-7H3,(H,59,70)(H,71,72)(H,73,74)(H,75,76)/t36?,39?,42-/m0/s1. The summed E-state index contributed by atoms with van der Waals surface area (Å²) in [6.07, 6.45) is 12.9. The molecule has 19 nitrogen and oxygen atoms in total. The number of hydrogen-bond donors (Lipinski definition) is 6. The molecule has 7 aliphatic rings. The molecule has 2 saturated heterocycles. The Kier molecular flexibility index (Phi) is 20.5. The van der Waals surface area contributed by atoms with Crippen molar-refractivity contribution in [3.05, 3.63) is 91.5 Å². The van der Waals surface area contributed by atoms with E-state index in [0.717, 1.165) is 110 Å². The van der Waals surface area contributed by atoms with Crippen molar-refractivity contribution in [2.45, 2.75) is 119 Å². The number of rotatable bonds is 23. The number of aliphatic hydroxyl groups is 1. The van der Waals surface area contributed by atoms with E-state index in [1.807, 2.05) is 17.9 Å². The molecule has 19 heteroatoms. The number of allylic oxidation sites excluding steroid dienone is 11. The number of nitrogens with zero attached hydrogens (tertiary/aromatic N) is 7. The average molecular weight is 1060 g/mol. The fourth-order valence-electron chi connectivity index (χ4n) is 11.5. The Balaban J connectivity index is 1.05. The van der Waals surface area contributed by atoms with Crippen molar-refractivity contribution < 1.29 is 49.1 Å². The van der Waals surface area contributed by atoms with E-state index in [0.29, 0.717) is 58.6 Å². The molecule has 3 atom stereocenters. The number of carboxylic acid groups (broad SMARTS) is 3. The van der Waals surface area contributed by atoms with Crippen LogP contribution in [0, 0.1) is 11.8 Å². The van der Waals surface area contributed by atoms with Crippen LogP contribution in [0.4, 0.5) is 0 Å². The van der Waals surface area contributed by atoms with Crippen molar-refractivity contribution in [2.24, 2.45) is 26.8 Å². The summed E-state index contributed by atoms with van der Waals surface area (Å²) >= 11 is 0. The highest BCUT2D eigenvalue weighted by Gasteiger charge is 2.41. The lowest BCUT2D eigenvalue weighted by Crippen LogP contribution is -2.49. The zero-order valence-corrected chi connectivity index (χ0v) is 46.3. The molecule has 2 unspecified atom stereocenters. The normalized spacial score (nSPS) is 22.3.